The van der Waals surface area contributed by atoms with Gasteiger partial charge in [-0.3, -0.25) is 4.79 Å². The number of carbonyl (C=O) groups excluding carboxylic acids is 2. The molecule has 2 saturated heterocycles. The highest BCUT2D eigenvalue weighted by atomic mass is 32.2. The summed E-state index contributed by atoms with van der Waals surface area (Å²) in [6.45, 7) is 4.70. The number of benzene rings is 1. The van der Waals surface area contributed by atoms with Crippen LogP contribution in [0.15, 0.2) is 29.2 Å². The Morgan fingerprint density at radius 1 is 1.16 bits per heavy atom. The molecule has 2 heterocycles. The van der Waals surface area contributed by atoms with Crippen molar-refractivity contribution in [3.8, 4) is 0 Å². The highest BCUT2D eigenvalue weighted by Gasteiger charge is 2.35. The van der Waals surface area contributed by atoms with Crippen LogP contribution < -0.4 is 0 Å². The summed E-state index contributed by atoms with van der Waals surface area (Å²) in [7, 11) is -6.74. The van der Waals surface area contributed by atoms with Gasteiger partial charge in [-0.15, -0.1) is 0 Å². The normalized spacial score (nSPS) is 21.0. The fourth-order valence-corrected chi connectivity index (χ4v) is 7.25. The zero-order chi connectivity index (χ0) is 23.5. The van der Waals surface area contributed by atoms with Gasteiger partial charge in [-0.1, -0.05) is 13.8 Å². The van der Waals surface area contributed by atoms with Crippen LogP contribution in [-0.4, -0.2) is 81.7 Å². The molecule has 0 unspecified atom stereocenters. The number of esters is 1. The van der Waals surface area contributed by atoms with Gasteiger partial charge in [-0.25, -0.2) is 21.6 Å². The van der Waals surface area contributed by atoms with Crippen molar-refractivity contribution >= 4 is 31.7 Å². The van der Waals surface area contributed by atoms with E-state index in [1.165, 1.54) is 33.5 Å². The van der Waals surface area contributed by atoms with E-state index < -0.39 is 44.4 Å². The number of ether oxygens (including phenoxy) is 1. The predicted molar refractivity (Wildman–Crippen MR) is 118 cm³/mol. The summed E-state index contributed by atoms with van der Waals surface area (Å²) >= 11 is 0. The van der Waals surface area contributed by atoms with Crippen LogP contribution in [0.25, 0.3) is 0 Å². The van der Waals surface area contributed by atoms with Gasteiger partial charge in [-0.2, -0.15) is 4.31 Å². The first-order valence-electron chi connectivity index (χ1n) is 10.8. The van der Waals surface area contributed by atoms with Crippen molar-refractivity contribution in [1.29, 1.82) is 0 Å². The van der Waals surface area contributed by atoms with E-state index in [1.807, 2.05) is 13.8 Å². The van der Waals surface area contributed by atoms with Crippen molar-refractivity contribution in [1.82, 2.24) is 9.21 Å². The third kappa shape index (κ3) is 5.87. The van der Waals surface area contributed by atoms with Crippen molar-refractivity contribution in [2.75, 3.05) is 37.7 Å². The number of sulfone groups is 1. The maximum Gasteiger partial charge on any atom is 0.338 e. The molecule has 0 radical (unpaired) electrons. The highest BCUT2D eigenvalue weighted by Crippen LogP contribution is 2.22. The summed E-state index contributed by atoms with van der Waals surface area (Å²) < 4.78 is 55.4. The quantitative estimate of drug-likeness (QED) is 0.508. The molecule has 0 aliphatic carbocycles. The minimum atomic E-state index is -3.58. The lowest BCUT2D eigenvalue weighted by atomic mass is 10.1. The zero-order valence-corrected chi connectivity index (χ0v) is 20.0. The van der Waals surface area contributed by atoms with Crippen molar-refractivity contribution in [3.63, 3.8) is 0 Å². The number of sulfonamides is 1. The van der Waals surface area contributed by atoms with Gasteiger partial charge in [0.05, 0.1) is 22.0 Å². The van der Waals surface area contributed by atoms with Crippen LogP contribution >= 0.6 is 0 Å². The van der Waals surface area contributed by atoms with E-state index in [0.29, 0.717) is 26.1 Å². The number of amides is 1. The molecule has 2 aliphatic rings. The van der Waals surface area contributed by atoms with Gasteiger partial charge in [0, 0.05) is 25.7 Å². The molecule has 1 atom stereocenters. The van der Waals surface area contributed by atoms with Crippen molar-refractivity contribution in [2.45, 2.75) is 44.0 Å². The smallest absolute Gasteiger partial charge is 0.338 e. The molecule has 32 heavy (non-hydrogen) atoms. The molecule has 0 bridgehead atoms. The summed E-state index contributed by atoms with van der Waals surface area (Å²) in [5, 5.41) is 0. The van der Waals surface area contributed by atoms with Gasteiger partial charge < -0.3 is 9.64 Å². The maximum atomic E-state index is 12.7. The van der Waals surface area contributed by atoms with Crippen molar-refractivity contribution in [3.05, 3.63) is 29.8 Å². The van der Waals surface area contributed by atoms with Crippen molar-refractivity contribution < 1.29 is 31.2 Å². The lowest BCUT2D eigenvalue weighted by molar-refractivity contribution is -0.137. The Morgan fingerprint density at radius 3 is 2.31 bits per heavy atom. The van der Waals surface area contributed by atoms with E-state index in [2.05, 4.69) is 0 Å². The number of carbonyl (C=O) groups is 2. The topological polar surface area (TPSA) is 118 Å². The van der Waals surface area contributed by atoms with E-state index in [4.69, 9.17) is 4.74 Å². The van der Waals surface area contributed by atoms with E-state index in [-0.39, 0.29) is 27.9 Å². The molecular weight excluding hydrogens is 456 g/mol. The maximum absolute atomic E-state index is 12.7. The van der Waals surface area contributed by atoms with Crippen LogP contribution in [0.5, 0.6) is 0 Å². The Hall–Kier alpha value is -1.98. The Kier molecular flexibility index (Phi) is 7.61. The molecule has 11 heteroatoms. The van der Waals surface area contributed by atoms with Gasteiger partial charge in [0.1, 0.15) is 0 Å². The average molecular weight is 487 g/mol. The summed E-state index contributed by atoms with van der Waals surface area (Å²) in [6, 6.07) is 5.04. The number of rotatable bonds is 8. The molecule has 0 aromatic heterocycles. The minimum Gasteiger partial charge on any atom is -0.452 e. The van der Waals surface area contributed by atoms with Crippen molar-refractivity contribution in [2.24, 2.45) is 5.92 Å². The molecule has 0 spiro atoms. The van der Waals surface area contributed by atoms with Crippen LogP contribution in [-0.2, 0) is 29.4 Å². The monoisotopic (exact) mass is 486 g/mol. The van der Waals surface area contributed by atoms with E-state index in [9.17, 15) is 26.4 Å². The molecule has 0 N–H and O–H groups in total. The number of hydrogen-bond acceptors (Lipinski definition) is 7. The minimum absolute atomic E-state index is 0.0476. The first-order valence-corrected chi connectivity index (χ1v) is 14.0. The second kappa shape index (κ2) is 9.88. The Labute approximate surface area is 189 Å². The summed E-state index contributed by atoms with van der Waals surface area (Å²) in [6.07, 6.45) is 2.04. The highest BCUT2D eigenvalue weighted by molar-refractivity contribution is 7.91. The molecule has 1 aromatic carbocycles. The van der Waals surface area contributed by atoms with Crippen LogP contribution in [0, 0.1) is 5.92 Å². The summed E-state index contributed by atoms with van der Waals surface area (Å²) in [5.74, 6) is -1.09. The summed E-state index contributed by atoms with van der Waals surface area (Å²) in [5.41, 5.74) is 0.136. The molecule has 0 saturated carbocycles. The van der Waals surface area contributed by atoms with Crippen LogP contribution in [0.4, 0.5) is 0 Å². The zero-order valence-electron chi connectivity index (χ0n) is 18.4. The molecule has 1 amide bonds. The van der Waals surface area contributed by atoms with Gasteiger partial charge in [0.2, 0.25) is 10.0 Å². The second-order valence-corrected chi connectivity index (χ2v) is 12.9. The fraction of sp³-hybridized carbons (Fsp3) is 0.619. The first kappa shape index (κ1) is 24.7. The summed E-state index contributed by atoms with van der Waals surface area (Å²) in [4.78, 5) is 26.7. The van der Waals surface area contributed by atoms with Gasteiger partial charge in [-0.05, 0) is 49.4 Å². The molecule has 3 rings (SSSR count). The molecule has 1 aromatic rings. The van der Waals surface area contributed by atoms with Crippen LogP contribution in [0.2, 0.25) is 0 Å². The molecule has 9 nitrogen and oxygen atoms in total. The van der Waals surface area contributed by atoms with Gasteiger partial charge in [0.15, 0.2) is 16.4 Å². The third-order valence-electron chi connectivity index (χ3n) is 5.65. The number of nitrogens with zero attached hydrogens (tertiary/aromatic N) is 2. The molecule has 2 aliphatic heterocycles. The Balaban J connectivity index is 1.61. The SMILES string of the molecule is CC(C)CN(C(=O)COC(=O)c1ccc(S(=O)(=O)N2CCCC2)cc1)[C@H]1CCS(=O)(=O)C1. The Bertz CT molecular complexity index is 1040. The lowest BCUT2D eigenvalue weighted by Crippen LogP contribution is -2.45. The molecular formula is C21H30N2O7S2. The largest absolute Gasteiger partial charge is 0.452 e. The van der Waals surface area contributed by atoms with E-state index >= 15 is 0 Å². The Morgan fingerprint density at radius 2 is 1.78 bits per heavy atom. The number of hydrogen-bond donors (Lipinski definition) is 0. The van der Waals surface area contributed by atoms with E-state index in [1.54, 1.807) is 0 Å². The molecule has 2 fully saturated rings. The third-order valence-corrected chi connectivity index (χ3v) is 9.31. The predicted octanol–water partition coefficient (Wildman–Crippen LogP) is 1.30. The first-order chi connectivity index (χ1) is 15.0. The second-order valence-electron chi connectivity index (χ2n) is 8.71. The van der Waals surface area contributed by atoms with Crippen LogP contribution in [0.3, 0.4) is 0 Å². The lowest BCUT2D eigenvalue weighted by Gasteiger charge is -2.29. The van der Waals surface area contributed by atoms with Crippen LogP contribution in [0.1, 0.15) is 43.5 Å². The molecule has 178 valence electrons. The fourth-order valence-electron chi connectivity index (χ4n) is 4.00. The standard InChI is InChI=1S/C21H30N2O7S2/c1-16(2)13-23(18-9-12-31(26,27)15-18)20(24)14-30-21(25)17-5-7-19(8-6-17)32(28,29)22-10-3-4-11-22/h5-8,16,18H,3-4,9-15H2,1-2H3/t18-/m0/s1. The van der Waals surface area contributed by atoms with Gasteiger partial charge in [0.25, 0.3) is 5.91 Å². The average Bonchev–Trinajstić information content (AvgIpc) is 3.40. The van der Waals surface area contributed by atoms with E-state index in [0.717, 1.165) is 12.8 Å². The van der Waals surface area contributed by atoms with Gasteiger partial charge >= 0.3 is 5.97 Å².